The molecule has 3 rings (SSSR count). The van der Waals surface area contributed by atoms with Crippen molar-refractivity contribution in [3.8, 4) is 0 Å². The summed E-state index contributed by atoms with van der Waals surface area (Å²) in [6.45, 7) is 3.54. The van der Waals surface area contributed by atoms with Crippen LogP contribution >= 0.6 is 0 Å². The van der Waals surface area contributed by atoms with E-state index in [1.807, 2.05) is 4.90 Å². The maximum absolute atomic E-state index is 13.9. The Kier molecular flexibility index (Phi) is 4.97. The van der Waals surface area contributed by atoms with Crippen LogP contribution in [0.5, 0.6) is 0 Å². The highest BCUT2D eigenvalue weighted by molar-refractivity contribution is 6.03. The molecule has 1 saturated heterocycles. The van der Waals surface area contributed by atoms with Crippen LogP contribution in [0, 0.1) is 5.82 Å². The van der Waals surface area contributed by atoms with Crippen molar-refractivity contribution in [2.75, 3.05) is 36.4 Å². The minimum Gasteiger partial charge on any atom is -0.366 e. The first-order valence-corrected chi connectivity index (χ1v) is 8.21. The highest BCUT2D eigenvalue weighted by Crippen LogP contribution is 2.22. The molecule has 0 saturated carbocycles. The van der Waals surface area contributed by atoms with Crippen molar-refractivity contribution < 1.29 is 14.0 Å². The van der Waals surface area contributed by atoms with Gasteiger partial charge in [-0.3, -0.25) is 9.59 Å². The third-order valence-electron chi connectivity index (χ3n) is 4.23. The van der Waals surface area contributed by atoms with Crippen LogP contribution in [0.3, 0.4) is 0 Å². The first-order valence-electron chi connectivity index (χ1n) is 8.21. The minimum atomic E-state index is -0.252. The molecule has 2 aromatic carbocycles. The normalized spacial score (nSPS) is 14.3. The van der Waals surface area contributed by atoms with E-state index in [0.29, 0.717) is 43.1 Å². The Hall–Kier alpha value is -2.89. The maximum Gasteiger partial charge on any atom is 0.256 e. The molecule has 2 aromatic rings. The predicted molar refractivity (Wildman–Crippen MR) is 95.3 cm³/mol. The highest BCUT2D eigenvalue weighted by Gasteiger charge is 2.25. The van der Waals surface area contributed by atoms with E-state index in [-0.39, 0.29) is 17.6 Å². The fraction of sp³-hybridized carbons (Fsp3) is 0.263. The number of benzene rings is 2. The van der Waals surface area contributed by atoms with E-state index in [4.69, 9.17) is 0 Å². The van der Waals surface area contributed by atoms with E-state index in [2.05, 4.69) is 5.32 Å². The molecule has 1 N–H and O–H groups in total. The van der Waals surface area contributed by atoms with Crippen molar-refractivity contribution in [2.45, 2.75) is 6.92 Å². The van der Waals surface area contributed by atoms with Crippen molar-refractivity contribution in [1.82, 2.24) is 4.90 Å². The van der Waals surface area contributed by atoms with Crippen LogP contribution in [0.1, 0.15) is 17.3 Å². The van der Waals surface area contributed by atoms with Crippen LogP contribution in [0.25, 0.3) is 0 Å². The number of nitrogens with zero attached hydrogens (tertiary/aromatic N) is 2. The van der Waals surface area contributed by atoms with Crippen LogP contribution in [0.4, 0.5) is 15.8 Å². The van der Waals surface area contributed by atoms with Gasteiger partial charge in [-0.1, -0.05) is 24.3 Å². The first kappa shape index (κ1) is 17.0. The summed E-state index contributed by atoms with van der Waals surface area (Å²) in [5.41, 5.74) is 1.54. The van der Waals surface area contributed by atoms with Gasteiger partial charge < -0.3 is 15.1 Å². The number of piperazine rings is 1. The molecule has 2 amide bonds. The van der Waals surface area contributed by atoms with Crippen LogP contribution in [-0.4, -0.2) is 42.9 Å². The second-order valence-corrected chi connectivity index (χ2v) is 5.96. The Morgan fingerprint density at radius 2 is 1.60 bits per heavy atom. The molecule has 25 heavy (non-hydrogen) atoms. The molecular weight excluding hydrogens is 321 g/mol. The van der Waals surface area contributed by atoms with Gasteiger partial charge in [-0.25, -0.2) is 4.39 Å². The van der Waals surface area contributed by atoms with Gasteiger partial charge in [0.25, 0.3) is 5.91 Å². The number of carbonyl (C=O) groups is 2. The number of hydrogen-bond donors (Lipinski definition) is 1. The molecule has 1 aliphatic heterocycles. The summed E-state index contributed by atoms with van der Waals surface area (Å²) in [7, 11) is 0. The van der Waals surface area contributed by atoms with Gasteiger partial charge >= 0.3 is 0 Å². The van der Waals surface area contributed by atoms with E-state index in [0.717, 1.165) is 0 Å². The summed E-state index contributed by atoms with van der Waals surface area (Å²) < 4.78 is 13.9. The first-order chi connectivity index (χ1) is 12.1. The lowest BCUT2D eigenvalue weighted by Crippen LogP contribution is -2.49. The van der Waals surface area contributed by atoms with E-state index in [1.165, 1.54) is 13.0 Å². The smallest absolute Gasteiger partial charge is 0.256 e. The van der Waals surface area contributed by atoms with Gasteiger partial charge in [-0.2, -0.15) is 0 Å². The molecule has 0 radical (unpaired) electrons. The number of carbonyl (C=O) groups excluding carboxylic acids is 2. The van der Waals surface area contributed by atoms with Gasteiger partial charge in [0.05, 0.1) is 16.9 Å². The van der Waals surface area contributed by atoms with Crippen molar-refractivity contribution in [3.05, 3.63) is 59.9 Å². The van der Waals surface area contributed by atoms with Gasteiger partial charge in [-0.15, -0.1) is 0 Å². The molecule has 0 aliphatic carbocycles. The van der Waals surface area contributed by atoms with Gasteiger partial charge in [0.15, 0.2) is 0 Å². The zero-order valence-corrected chi connectivity index (χ0v) is 14.0. The number of anilines is 2. The average molecular weight is 341 g/mol. The second kappa shape index (κ2) is 7.34. The lowest BCUT2D eigenvalue weighted by atomic mass is 10.1. The molecule has 0 spiro atoms. The van der Waals surface area contributed by atoms with Crippen LogP contribution < -0.4 is 10.2 Å². The topological polar surface area (TPSA) is 52.7 Å². The number of halogens is 1. The summed E-state index contributed by atoms with van der Waals surface area (Å²) in [6.07, 6.45) is 0. The van der Waals surface area contributed by atoms with E-state index < -0.39 is 0 Å². The SMILES string of the molecule is CC(=O)Nc1ccccc1C(=O)N1CCN(c2ccccc2F)CC1. The maximum atomic E-state index is 13.9. The Morgan fingerprint density at radius 3 is 2.28 bits per heavy atom. The number of rotatable bonds is 3. The Morgan fingerprint density at radius 1 is 0.960 bits per heavy atom. The molecule has 0 bridgehead atoms. The molecule has 6 heteroatoms. The molecular formula is C19H20FN3O2. The monoisotopic (exact) mass is 341 g/mol. The Balaban J connectivity index is 1.70. The third kappa shape index (κ3) is 3.79. The second-order valence-electron chi connectivity index (χ2n) is 5.96. The third-order valence-corrected chi connectivity index (χ3v) is 4.23. The molecule has 0 atom stereocenters. The highest BCUT2D eigenvalue weighted by atomic mass is 19.1. The lowest BCUT2D eigenvalue weighted by molar-refractivity contribution is -0.114. The average Bonchev–Trinajstić information content (AvgIpc) is 2.62. The van der Waals surface area contributed by atoms with Crippen molar-refractivity contribution in [1.29, 1.82) is 0 Å². The zero-order chi connectivity index (χ0) is 17.8. The number of amides is 2. The fourth-order valence-electron chi connectivity index (χ4n) is 3.00. The molecule has 5 nitrogen and oxygen atoms in total. The van der Waals surface area contributed by atoms with Gasteiger partial charge in [0, 0.05) is 33.1 Å². The van der Waals surface area contributed by atoms with E-state index >= 15 is 0 Å². The lowest BCUT2D eigenvalue weighted by Gasteiger charge is -2.36. The summed E-state index contributed by atoms with van der Waals surface area (Å²) in [4.78, 5) is 27.8. The van der Waals surface area contributed by atoms with Crippen molar-refractivity contribution >= 4 is 23.2 Å². The predicted octanol–water partition coefficient (Wildman–Crippen LogP) is 2.75. The zero-order valence-electron chi connectivity index (χ0n) is 14.0. The summed E-state index contributed by atoms with van der Waals surface area (Å²) >= 11 is 0. The van der Waals surface area contributed by atoms with Gasteiger partial charge in [0.1, 0.15) is 5.82 Å². The molecule has 0 unspecified atom stereocenters. The number of hydrogen-bond acceptors (Lipinski definition) is 3. The van der Waals surface area contributed by atoms with Gasteiger partial charge in [-0.05, 0) is 24.3 Å². The largest absolute Gasteiger partial charge is 0.366 e. The van der Waals surface area contributed by atoms with Crippen molar-refractivity contribution in [3.63, 3.8) is 0 Å². The summed E-state index contributed by atoms with van der Waals surface area (Å²) in [5.74, 6) is -0.597. The quantitative estimate of drug-likeness (QED) is 0.934. The fourth-order valence-corrected chi connectivity index (χ4v) is 3.00. The Bertz CT molecular complexity index is 786. The molecule has 1 aliphatic rings. The number of para-hydroxylation sites is 2. The van der Waals surface area contributed by atoms with Gasteiger partial charge in [0.2, 0.25) is 5.91 Å². The molecule has 0 aromatic heterocycles. The molecule has 130 valence electrons. The molecule has 1 fully saturated rings. The number of nitrogens with one attached hydrogen (secondary N) is 1. The van der Waals surface area contributed by atoms with Crippen LogP contribution in [0.15, 0.2) is 48.5 Å². The van der Waals surface area contributed by atoms with Crippen LogP contribution in [0.2, 0.25) is 0 Å². The summed E-state index contributed by atoms with van der Waals surface area (Å²) in [5, 5.41) is 2.69. The van der Waals surface area contributed by atoms with E-state index in [9.17, 15) is 14.0 Å². The minimum absolute atomic E-state index is 0.127. The summed E-state index contributed by atoms with van der Waals surface area (Å²) in [6, 6.07) is 13.6. The van der Waals surface area contributed by atoms with Crippen LogP contribution in [-0.2, 0) is 4.79 Å². The van der Waals surface area contributed by atoms with E-state index in [1.54, 1.807) is 47.4 Å². The Labute approximate surface area is 146 Å². The standard InChI is InChI=1S/C19H20FN3O2/c1-14(24)21-17-8-4-2-6-15(17)19(25)23-12-10-22(11-13-23)18-9-5-3-7-16(18)20/h2-9H,10-13H2,1H3,(H,21,24). The van der Waals surface area contributed by atoms with Crippen molar-refractivity contribution in [2.24, 2.45) is 0 Å². The molecule has 1 heterocycles.